The zero-order valence-corrected chi connectivity index (χ0v) is 10.6. The number of nitrogens with zero attached hydrogens (tertiary/aromatic N) is 2. The molecule has 0 spiro atoms. The Hall–Kier alpha value is -2.57. The van der Waals surface area contributed by atoms with Crippen molar-refractivity contribution in [2.24, 2.45) is 0 Å². The van der Waals surface area contributed by atoms with E-state index >= 15 is 0 Å². The van der Waals surface area contributed by atoms with Crippen molar-refractivity contribution in [1.29, 1.82) is 0 Å². The monoisotopic (exact) mass is 262 g/mol. The number of hydrogen-bond acceptors (Lipinski definition) is 6. The summed E-state index contributed by atoms with van der Waals surface area (Å²) in [5.41, 5.74) is 7.41. The second-order valence-corrected chi connectivity index (χ2v) is 4.02. The summed E-state index contributed by atoms with van der Waals surface area (Å²) in [6.07, 6.45) is -0.00751. The van der Waals surface area contributed by atoms with Gasteiger partial charge in [-0.15, -0.1) is 0 Å². The van der Waals surface area contributed by atoms with Gasteiger partial charge >= 0.3 is 0 Å². The lowest BCUT2D eigenvalue weighted by Gasteiger charge is -2.10. The van der Waals surface area contributed by atoms with Gasteiger partial charge in [-0.2, -0.15) is 0 Å². The predicted molar refractivity (Wildman–Crippen MR) is 68.8 cm³/mol. The maximum Gasteiger partial charge on any atom is 0.230 e. The lowest BCUT2D eigenvalue weighted by Crippen LogP contribution is -2.16. The van der Waals surface area contributed by atoms with E-state index in [2.05, 4.69) is 20.3 Å². The Morgan fingerprint density at radius 3 is 2.89 bits per heavy atom. The van der Waals surface area contributed by atoms with Crippen molar-refractivity contribution in [3.63, 3.8) is 0 Å². The van der Waals surface area contributed by atoms with Crippen molar-refractivity contribution < 1.29 is 14.2 Å². The summed E-state index contributed by atoms with van der Waals surface area (Å²) in [6.45, 7) is 1.93. The maximum atomic E-state index is 11.9. The number of aryl methyl sites for hydroxylation is 1. The third-order valence-electron chi connectivity index (χ3n) is 2.54. The molecule has 100 valence electrons. The molecule has 0 atom stereocenters. The Balaban J connectivity index is 2.11. The summed E-state index contributed by atoms with van der Waals surface area (Å²) < 4.78 is 9.60. The highest BCUT2D eigenvalue weighted by Gasteiger charge is 2.13. The first-order valence-electron chi connectivity index (χ1n) is 5.61. The molecule has 7 heteroatoms. The first-order valence-corrected chi connectivity index (χ1v) is 5.61. The molecule has 1 aromatic heterocycles. The third kappa shape index (κ3) is 3.01. The van der Waals surface area contributed by atoms with Crippen LogP contribution < -0.4 is 15.8 Å². The van der Waals surface area contributed by atoms with Gasteiger partial charge in [0.1, 0.15) is 11.4 Å². The first-order chi connectivity index (χ1) is 9.10. The molecule has 0 bridgehead atoms. The predicted octanol–water partition coefficient (Wildman–Crippen LogP) is 1.15. The van der Waals surface area contributed by atoms with E-state index in [1.54, 1.807) is 13.2 Å². The number of carbonyl (C=O) groups is 1. The summed E-state index contributed by atoms with van der Waals surface area (Å²) in [5.74, 6) is 0.433. The fourth-order valence-electron chi connectivity index (χ4n) is 1.60. The molecule has 1 aromatic carbocycles. The molecule has 1 heterocycles. The molecule has 1 amide bonds. The van der Waals surface area contributed by atoms with Gasteiger partial charge in [0.15, 0.2) is 5.82 Å². The molecule has 0 saturated heterocycles. The third-order valence-corrected chi connectivity index (χ3v) is 2.54. The molecule has 2 rings (SSSR count). The second kappa shape index (κ2) is 5.38. The summed E-state index contributed by atoms with van der Waals surface area (Å²) in [5, 5.41) is 9.70. The summed E-state index contributed by atoms with van der Waals surface area (Å²) in [6, 6.07) is 5.51. The van der Waals surface area contributed by atoms with Crippen LogP contribution in [0.4, 0.5) is 11.5 Å². The van der Waals surface area contributed by atoms with E-state index in [4.69, 9.17) is 10.5 Å². The number of carbonyl (C=O) groups excluding carboxylic acids is 1. The fourth-order valence-corrected chi connectivity index (χ4v) is 1.60. The molecule has 0 aliphatic rings. The number of ether oxygens (including phenoxy) is 1. The van der Waals surface area contributed by atoms with Gasteiger partial charge < -0.3 is 15.8 Å². The number of methoxy groups -OCH3 is 1. The maximum absolute atomic E-state index is 11.9. The van der Waals surface area contributed by atoms with Crippen molar-refractivity contribution in [1.82, 2.24) is 10.3 Å². The van der Waals surface area contributed by atoms with Crippen LogP contribution in [0, 0.1) is 6.92 Å². The zero-order valence-electron chi connectivity index (χ0n) is 10.6. The van der Waals surface area contributed by atoms with E-state index in [0.717, 1.165) is 5.56 Å². The molecule has 2 aromatic rings. The molecule has 0 fully saturated rings. The van der Waals surface area contributed by atoms with E-state index < -0.39 is 0 Å². The van der Waals surface area contributed by atoms with Crippen LogP contribution in [0.1, 0.15) is 11.3 Å². The van der Waals surface area contributed by atoms with E-state index in [1.807, 2.05) is 19.1 Å². The van der Waals surface area contributed by atoms with Gasteiger partial charge in [0.2, 0.25) is 5.91 Å². The first kappa shape index (κ1) is 12.9. The second-order valence-electron chi connectivity index (χ2n) is 4.02. The van der Waals surface area contributed by atoms with Crippen LogP contribution in [0.2, 0.25) is 0 Å². The largest absolute Gasteiger partial charge is 0.495 e. The Bertz CT molecular complexity index is 594. The van der Waals surface area contributed by atoms with Crippen LogP contribution in [-0.2, 0) is 11.2 Å². The molecule has 0 saturated carbocycles. The average molecular weight is 262 g/mol. The molecule has 0 radical (unpaired) electrons. The highest BCUT2D eigenvalue weighted by Crippen LogP contribution is 2.25. The van der Waals surface area contributed by atoms with Gasteiger partial charge in [0.25, 0.3) is 0 Å². The molecule has 0 aliphatic carbocycles. The number of nitrogen functional groups attached to an aromatic ring is 1. The molecule has 0 unspecified atom stereocenters. The number of nitrogens with one attached hydrogen (secondary N) is 1. The minimum Gasteiger partial charge on any atom is -0.495 e. The van der Waals surface area contributed by atoms with Crippen LogP contribution in [0.5, 0.6) is 5.75 Å². The van der Waals surface area contributed by atoms with Gasteiger partial charge in [0, 0.05) is 0 Å². The molecule has 7 nitrogen and oxygen atoms in total. The summed E-state index contributed by atoms with van der Waals surface area (Å²) >= 11 is 0. The topological polar surface area (TPSA) is 103 Å². The zero-order chi connectivity index (χ0) is 13.8. The quantitative estimate of drug-likeness (QED) is 0.856. The highest BCUT2D eigenvalue weighted by atomic mass is 16.6. The average Bonchev–Trinajstić information content (AvgIpc) is 2.75. The van der Waals surface area contributed by atoms with Crippen molar-refractivity contribution in [3.8, 4) is 5.75 Å². The SMILES string of the molecule is COc1ccc(C)cc1NC(=O)Cc1nonc1N. The van der Waals surface area contributed by atoms with Crippen LogP contribution >= 0.6 is 0 Å². The lowest BCUT2D eigenvalue weighted by molar-refractivity contribution is -0.115. The highest BCUT2D eigenvalue weighted by molar-refractivity contribution is 5.94. The summed E-state index contributed by atoms with van der Waals surface area (Å²) in [7, 11) is 1.54. The standard InChI is InChI=1S/C12H14N4O3/c1-7-3-4-10(18-2)8(5-7)14-11(17)6-9-12(13)16-19-15-9/h3-5H,6H2,1-2H3,(H2,13,16)(H,14,17). The Labute approximate surface area is 109 Å². The van der Waals surface area contributed by atoms with Gasteiger partial charge in [0.05, 0.1) is 19.2 Å². The smallest absolute Gasteiger partial charge is 0.230 e. The van der Waals surface area contributed by atoms with Gasteiger partial charge in [-0.3, -0.25) is 4.79 Å². The van der Waals surface area contributed by atoms with Crippen molar-refractivity contribution in [3.05, 3.63) is 29.5 Å². The number of benzene rings is 1. The molecule has 19 heavy (non-hydrogen) atoms. The Morgan fingerprint density at radius 2 is 2.26 bits per heavy atom. The van der Waals surface area contributed by atoms with E-state index in [-0.39, 0.29) is 18.1 Å². The van der Waals surface area contributed by atoms with E-state index in [1.165, 1.54) is 0 Å². The van der Waals surface area contributed by atoms with Crippen molar-refractivity contribution in [2.45, 2.75) is 13.3 Å². The fraction of sp³-hybridized carbons (Fsp3) is 0.250. The number of rotatable bonds is 4. The number of anilines is 2. The van der Waals surface area contributed by atoms with Crippen LogP contribution in [0.3, 0.4) is 0 Å². The number of hydrogen-bond donors (Lipinski definition) is 2. The molecule has 3 N–H and O–H groups in total. The van der Waals surface area contributed by atoms with Gasteiger partial charge in [-0.05, 0) is 29.8 Å². The molecular formula is C12H14N4O3. The minimum atomic E-state index is -0.272. The van der Waals surface area contributed by atoms with E-state index in [9.17, 15) is 4.79 Å². The number of amides is 1. The summed E-state index contributed by atoms with van der Waals surface area (Å²) in [4.78, 5) is 11.9. The minimum absolute atomic E-state index is 0.00751. The van der Waals surface area contributed by atoms with Crippen molar-refractivity contribution in [2.75, 3.05) is 18.2 Å². The van der Waals surface area contributed by atoms with Crippen LogP contribution in [0.25, 0.3) is 0 Å². The van der Waals surface area contributed by atoms with Crippen molar-refractivity contribution >= 4 is 17.4 Å². The Kier molecular flexibility index (Phi) is 3.65. The van der Waals surface area contributed by atoms with E-state index in [0.29, 0.717) is 17.1 Å². The van der Waals surface area contributed by atoms with Gasteiger partial charge in [-0.25, -0.2) is 4.63 Å². The molecule has 0 aliphatic heterocycles. The number of aromatic nitrogens is 2. The number of nitrogens with two attached hydrogens (primary N) is 1. The van der Waals surface area contributed by atoms with Crippen LogP contribution in [0.15, 0.2) is 22.8 Å². The van der Waals surface area contributed by atoms with Crippen LogP contribution in [-0.4, -0.2) is 23.3 Å². The molecular weight excluding hydrogens is 248 g/mol. The lowest BCUT2D eigenvalue weighted by atomic mass is 10.2. The van der Waals surface area contributed by atoms with Gasteiger partial charge in [-0.1, -0.05) is 11.2 Å². The Morgan fingerprint density at radius 1 is 1.47 bits per heavy atom. The normalized spacial score (nSPS) is 10.2.